The molecule has 3 aromatic rings. The highest BCUT2D eigenvalue weighted by molar-refractivity contribution is 5.90. The largest absolute Gasteiger partial charge is 0.348 e. The van der Waals surface area contributed by atoms with E-state index in [-0.39, 0.29) is 6.03 Å². The van der Waals surface area contributed by atoms with Crippen LogP contribution in [0.25, 0.3) is 11.1 Å². The molecule has 1 aliphatic heterocycles. The smallest absolute Gasteiger partial charge is 0.319 e. The maximum atomic E-state index is 13.1. The molecule has 0 atom stereocenters. The molecule has 6 heteroatoms. The Bertz CT molecular complexity index is 1100. The Kier molecular flexibility index (Phi) is 5.87. The van der Waals surface area contributed by atoms with Gasteiger partial charge in [0.1, 0.15) is 0 Å². The second kappa shape index (κ2) is 8.96. The van der Waals surface area contributed by atoms with E-state index < -0.39 is 11.3 Å². The van der Waals surface area contributed by atoms with E-state index in [1.165, 1.54) is 0 Å². The van der Waals surface area contributed by atoms with E-state index in [2.05, 4.69) is 27.8 Å². The number of anilines is 1. The van der Waals surface area contributed by atoms with Gasteiger partial charge in [0.15, 0.2) is 5.79 Å². The number of aryl methyl sites for hydroxylation is 1. The van der Waals surface area contributed by atoms with Crippen LogP contribution in [-0.4, -0.2) is 30.0 Å². The first-order valence-electron chi connectivity index (χ1n) is 11.5. The highest BCUT2D eigenvalue weighted by Gasteiger charge is 2.47. The Morgan fingerprint density at radius 2 is 1.58 bits per heavy atom. The van der Waals surface area contributed by atoms with Gasteiger partial charge >= 0.3 is 6.03 Å². The summed E-state index contributed by atoms with van der Waals surface area (Å²) in [5.74, 6) is -0.489. The monoisotopic (exact) mass is 443 g/mol. The third-order valence-corrected chi connectivity index (χ3v) is 6.73. The lowest BCUT2D eigenvalue weighted by atomic mass is 9.74. The second-order valence-electron chi connectivity index (χ2n) is 8.90. The van der Waals surface area contributed by atoms with E-state index in [9.17, 15) is 4.79 Å². The number of hydrogen-bond donors (Lipinski definition) is 2. The minimum Gasteiger partial charge on any atom is -0.348 e. The number of nitrogens with one attached hydrogen (secondary N) is 2. The summed E-state index contributed by atoms with van der Waals surface area (Å²) in [6.07, 6.45) is 4.82. The van der Waals surface area contributed by atoms with Crippen molar-refractivity contribution in [3.8, 4) is 11.1 Å². The van der Waals surface area contributed by atoms with Gasteiger partial charge in [0.05, 0.1) is 18.8 Å². The average Bonchev–Trinajstić information content (AvgIpc) is 3.30. The first-order chi connectivity index (χ1) is 16.1. The third kappa shape index (κ3) is 4.63. The second-order valence-corrected chi connectivity index (χ2v) is 8.90. The molecule has 2 amide bonds. The standard InChI is InChI=1S/C27H29N3O3/c1-20-19-22(11-16-28-20)21-7-9-24(10-8-21)29-25(31)30-26(23-5-3-2-4-6-23)12-14-27(15-13-26)32-17-18-33-27/h2-11,16,19H,12-15,17-18H2,1H3,(H2,29,30,31). The molecule has 2 fully saturated rings. The number of aromatic nitrogens is 1. The number of hydrogen-bond acceptors (Lipinski definition) is 4. The number of carbonyl (C=O) groups excluding carboxylic acids is 1. The summed E-state index contributed by atoms with van der Waals surface area (Å²) in [6.45, 7) is 3.26. The Morgan fingerprint density at radius 3 is 2.24 bits per heavy atom. The third-order valence-electron chi connectivity index (χ3n) is 6.73. The molecule has 33 heavy (non-hydrogen) atoms. The van der Waals surface area contributed by atoms with Crippen molar-refractivity contribution >= 4 is 11.7 Å². The number of amides is 2. The topological polar surface area (TPSA) is 72.5 Å². The molecule has 1 spiro atoms. The summed E-state index contributed by atoms with van der Waals surface area (Å²) < 4.78 is 11.8. The van der Waals surface area contributed by atoms with Gasteiger partial charge in [0.25, 0.3) is 0 Å². The van der Waals surface area contributed by atoms with Crippen molar-refractivity contribution in [1.29, 1.82) is 0 Å². The Labute approximate surface area is 194 Å². The molecular weight excluding hydrogens is 414 g/mol. The van der Waals surface area contributed by atoms with Gasteiger partial charge in [-0.3, -0.25) is 4.98 Å². The molecule has 1 saturated carbocycles. The molecule has 0 bridgehead atoms. The normalized spacial score (nSPS) is 18.7. The SMILES string of the molecule is Cc1cc(-c2ccc(NC(=O)NC3(c4ccccc4)CCC4(CC3)OCCO4)cc2)ccn1. The van der Waals surface area contributed by atoms with Crippen LogP contribution in [0.5, 0.6) is 0 Å². The van der Waals surface area contributed by atoms with Crippen LogP contribution in [0, 0.1) is 6.92 Å². The van der Waals surface area contributed by atoms with Crippen LogP contribution in [0.15, 0.2) is 72.9 Å². The van der Waals surface area contributed by atoms with Crippen molar-refractivity contribution < 1.29 is 14.3 Å². The van der Waals surface area contributed by atoms with Gasteiger partial charge in [0, 0.05) is 30.4 Å². The van der Waals surface area contributed by atoms with Crippen LogP contribution in [-0.2, 0) is 15.0 Å². The van der Waals surface area contributed by atoms with Crippen molar-refractivity contribution in [2.24, 2.45) is 0 Å². The van der Waals surface area contributed by atoms with E-state index in [1.54, 1.807) is 0 Å². The van der Waals surface area contributed by atoms with Crippen molar-refractivity contribution in [2.45, 2.75) is 43.9 Å². The molecular formula is C27H29N3O3. The van der Waals surface area contributed by atoms with Crippen molar-refractivity contribution in [3.05, 3.63) is 84.2 Å². The number of benzene rings is 2. The number of rotatable bonds is 4. The van der Waals surface area contributed by atoms with E-state index >= 15 is 0 Å². The highest BCUT2D eigenvalue weighted by Crippen LogP contribution is 2.45. The fourth-order valence-corrected chi connectivity index (χ4v) is 4.94. The van der Waals surface area contributed by atoms with E-state index in [1.807, 2.05) is 67.7 Å². The predicted octanol–water partition coefficient (Wildman–Crippen LogP) is 5.39. The zero-order valence-corrected chi connectivity index (χ0v) is 18.8. The van der Waals surface area contributed by atoms with Crippen LogP contribution in [0.1, 0.15) is 36.9 Å². The molecule has 2 aromatic carbocycles. The minimum atomic E-state index is -0.489. The number of urea groups is 1. The van der Waals surface area contributed by atoms with Crippen LogP contribution >= 0.6 is 0 Å². The zero-order chi connectivity index (χ0) is 22.7. The van der Waals surface area contributed by atoms with Crippen molar-refractivity contribution in [1.82, 2.24) is 10.3 Å². The Morgan fingerprint density at radius 1 is 0.879 bits per heavy atom. The summed E-state index contributed by atoms with van der Waals surface area (Å²) in [5, 5.41) is 6.30. The van der Waals surface area contributed by atoms with E-state index in [0.717, 1.165) is 53.8 Å². The molecule has 0 radical (unpaired) electrons. The maximum Gasteiger partial charge on any atom is 0.319 e. The molecule has 5 rings (SSSR count). The summed E-state index contributed by atoms with van der Waals surface area (Å²) in [6, 6.07) is 21.9. The number of pyridine rings is 1. The summed E-state index contributed by atoms with van der Waals surface area (Å²) in [4.78, 5) is 17.3. The van der Waals surface area contributed by atoms with E-state index in [0.29, 0.717) is 13.2 Å². The lowest BCUT2D eigenvalue weighted by Gasteiger charge is -2.44. The fourth-order valence-electron chi connectivity index (χ4n) is 4.94. The van der Waals surface area contributed by atoms with Gasteiger partial charge in [0.2, 0.25) is 0 Å². The lowest BCUT2D eigenvalue weighted by molar-refractivity contribution is -0.186. The lowest BCUT2D eigenvalue weighted by Crippen LogP contribution is -2.53. The molecule has 2 aliphatic rings. The first kappa shape index (κ1) is 21.6. The molecule has 1 saturated heterocycles. The van der Waals surface area contributed by atoms with Gasteiger partial charge in [-0.05, 0) is 60.7 Å². The molecule has 0 unspecified atom stereocenters. The van der Waals surface area contributed by atoms with Gasteiger partial charge in [-0.25, -0.2) is 4.79 Å². The average molecular weight is 444 g/mol. The Hall–Kier alpha value is -3.22. The molecule has 1 aromatic heterocycles. The van der Waals surface area contributed by atoms with Gasteiger partial charge < -0.3 is 20.1 Å². The van der Waals surface area contributed by atoms with Crippen molar-refractivity contribution in [2.75, 3.05) is 18.5 Å². The van der Waals surface area contributed by atoms with Crippen molar-refractivity contribution in [3.63, 3.8) is 0 Å². The molecule has 2 heterocycles. The van der Waals surface area contributed by atoms with Gasteiger partial charge in [-0.1, -0.05) is 42.5 Å². The molecule has 2 N–H and O–H groups in total. The summed E-state index contributed by atoms with van der Waals surface area (Å²) in [7, 11) is 0. The number of carbonyl (C=O) groups is 1. The number of nitrogens with zero attached hydrogens (tertiary/aromatic N) is 1. The van der Waals surface area contributed by atoms with Gasteiger partial charge in [-0.2, -0.15) is 0 Å². The van der Waals surface area contributed by atoms with Crippen LogP contribution < -0.4 is 10.6 Å². The summed E-state index contributed by atoms with van der Waals surface area (Å²) in [5.41, 5.74) is 4.56. The highest BCUT2D eigenvalue weighted by atomic mass is 16.7. The van der Waals surface area contributed by atoms with Crippen LogP contribution in [0.2, 0.25) is 0 Å². The number of ether oxygens (including phenoxy) is 2. The minimum absolute atomic E-state index is 0.212. The first-order valence-corrected chi connectivity index (χ1v) is 11.5. The van der Waals surface area contributed by atoms with E-state index in [4.69, 9.17) is 9.47 Å². The molecule has 170 valence electrons. The quantitative estimate of drug-likeness (QED) is 0.567. The summed E-state index contributed by atoms with van der Waals surface area (Å²) >= 11 is 0. The van der Waals surface area contributed by atoms with Gasteiger partial charge in [-0.15, -0.1) is 0 Å². The zero-order valence-electron chi connectivity index (χ0n) is 18.8. The maximum absolute atomic E-state index is 13.1. The molecule has 6 nitrogen and oxygen atoms in total. The fraction of sp³-hybridized carbons (Fsp3) is 0.333. The Balaban J connectivity index is 1.30. The molecule has 1 aliphatic carbocycles. The van der Waals surface area contributed by atoms with Crippen LogP contribution in [0.4, 0.5) is 10.5 Å². The van der Waals surface area contributed by atoms with Crippen LogP contribution in [0.3, 0.4) is 0 Å². The predicted molar refractivity (Wildman–Crippen MR) is 128 cm³/mol.